The lowest BCUT2D eigenvalue weighted by Gasteiger charge is -2.18. The minimum Gasteiger partial charge on any atom is -0.462 e. The van der Waals surface area contributed by atoms with Crippen molar-refractivity contribution in [1.82, 2.24) is 0 Å². The quantitative estimate of drug-likeness (QED) is 0.0272. The summed E-state index contributed by atoms with van der Waals surface area (Å²) in [5.74, 6) is -0.894. The highest BCUT2D eigenvalue weighted by molar-refractivity contribution is 5.71. The molecular weight excluding hydrogens is 636 g/mol. The lowest BCUT2D eigenvalue weighted by molar-refractivity contribution is -0.167. The highest BCUT2D eigenvalue weighted by atomic mass is 16.6. The minimum atomic E-state index is -0.770. The van der Waals surface area contributed by atoms with Gasteiger partial charge in [0.2, 0.25) is 0 Å². The van der Waals surface area contributed by atoms with Gasteiger partial charge in [0.1, 0.15) is 13.2 Å². The van der Waals surface area contributed by atoms with Crippen molar-refractivity contribution in [2.24, 2.45) is 0 Å². The Morgan fingerprint density at radius 2 is 0.686 bits per heavy atom. The van der Waals surface area contributed by atoms with Gasteiger partial charge in [-0.3, -0.25) is 14.4 Å². The summed E-state index contributed by atoms with van der Waals surface area (Å²) < 4.78 is 16.6. The summed E-state index contributed by atoms with van der Waals surface area (Å²) in [7, 11) is 0. The topological polar surface area (TPSA) is 78.9 Å². The van der Waals surface area contributed by atoms with E-state index in [0.29, 0.717) is 19.3 Å². The average Bonchev–Trinajstić information content (AvgIpc) is 3.12. The molecule has 0 N–H and O–H groups in total. The normalized spacial score (nSPS) is 12.1. The molecule has 0 aliphatic heterocycles. The van der Waals surface area contributed by atoms with Gasteiger partial charge < -0.3 is 14.2 Å². The molecule has 1 atom stereocenters. The Bertz CT molecular complexity index is 835. The van der Waals surface area contributed by atoms with Crippen molar-refractivity contribution >= 4 is 17.9 Å². The van der Waals surface area contributed by atoms with E-state index in [1.807, 2.05) is 0 Å². The van der Waals surface area contributed by atoms with Crippen molar-refractivity contribution in [1.29, 1.82) is 0 Å². The summed E-state index contributed by atoms with van der Waals surface area (Å²) in [6.45, 7) is 6.52. The molecule has 0 saturated carbocycles. The molecule has 6 heteroatoms. The molecule has 0 radical (unpaired) electrons. The Morgan fingerprint density at radius 3 is 1.10 bits per heavy atom. The van der Waals surface area contributed by atoms with Crippen LogP contribution in [0.15, 0.2) is 24.3 Å². The lowest BCUT2D eigenvalue weighted by atomic mass is 10.1. The zero-order valence-corrected chi connectivity index (χ0v) is 33.9. The van der Waals surface area contributed by atoms with Gasteiger partial charge in [0, 0.05) is 19.3 Å². The second-order valence-corrected chi connectivity index (χ2v) is 14.6. The Balaban J connectivity index is 4.37. The Labute approximate surface area is 315 Å². The second-order valence-electron chi connectivity index (χ2n) is 14.6. The van der Waals surface area contributed by atoms with E-state index in [4.69, 9.17) is 14.2 Å². The van der Waals surface area contributed by atoms with Crippen molar-refractivity contribution in [3.63, 3.8) is 0 Å². The van der Waals surface area contributed by atoms with E-state index < -0.39 is 6.10 Å². The van der Waals surface area contributed by atoms with Gasteiger partial charge >= 0.3 is 17.9 Å². The molecule has 0 aromatic heterocycles. The number of allylic oxidation sites excluding steroid dienone is 4. The fraction of sp³-hybridized carbons (Fsp3) is 0.844. The highest BCUT2D eigenvalue weighted by Crippen LogP contribution is 2.14. The number of hydrogen-bond acceptors (Lipinski definition) is 6. The van der Waals surface area contributed by atoms with Crippen molar-refractivity contribution in [3.8, 4) is 0 Å². The molecule has 6 nitrogen and oxygen atoms in total. The Morgan fingerprint density at radius 1 is 0.373 bits per heavy atom. The standard InChI is InChI=1S/C45H82O6/c1-4-7-10-13-16-19-22-24-26-29-32-35-38-44(47)50-41-42(40-49-43(46)37-34-31-28-25-21-18-15-12-9-6-3)51-45(48)39-36-33-30-27-23-20-17-14-11-8-5-2/h12,15-16,19,42H,4-11,13-14,17-18,20-41H2,1-3H3/b15-12-,19-16-. The van der Waals surface area contributed by atoms with Crippen LogP contribution in [0, 0.1) is 0 Å². The van der Waals surface area contributed by atoms with E-state index in [1.165, 1.54) is 109 Å². The van der Waals surface area contributed by atoms with E-state index in [0.717, 1.165) is 77.0 Å². The average molecular weight is 719 g/mol. The van der Waals surface area contributed by atoms with Crippen LogP contribution in [-0.4, -0.2) is 37.2 Å². The first kappa shape index (κ1) is 48.9. The molecule has 0 fully saturated rings. The fourth-order valence-electron chi connectivity index (χ4n) is 6.08. The van der Waals surface area contributed by atoms with Gasteiger partial charge in [-0.15, -0.1) is 0 Å². The van der Waals surface area contributed by atoms with Crippen molar-refractivity contribution in [3.05, 3.63) is 24.3 Å². The zero-order valence-electron chi connectivity index (χ0n) is 33.9. The van der Waals surface area contributed by atoms with Gasteiger partial charge in [-0.1, -0.05) is 167 Å². The van der Waals surface area contributed by atoms with E-state index in [1.54, 1.807) is 0 Å². The number of rotatable bonds is 39. The first-order valence-electron chi connectivity index (χ1n) is 21.8. The van der Waals surface area contributed by atoms with Crippen LogP contribution in [0.3, 0.4) is 0 Å². The van der Waals surface area contributed by atoms with Crippen LogP contribution in [-0.2, 0) is 28.6 Å². The van der Waals surface area contributed by atoms with Crippen LogP contribution in [0.25, 0.3) is 0 Å². The van der Waals surface area contributed by atoms with Gasteiger partial charge in [-0.05, 0) is 64.2 Å². The van der Waals surface area contributed by atoms with Gasteiger partial charge in [0.15, 0.2) is 6.10 Å². The molecule has 0 aromatic rings. The third kappa shape index (κ3) is 38.9. The molecule has 0 amide bonds. The fourth-order valence-corrected chi connectivity index (χ4v) is 6.08. The number of esters is 3. The minimum absolute atomic E-state index is 0.0760. The number of hydrogen-bond donors (Lipinski definition) is 0. The maximum Gasteiger partial charge on any atom is 0.306 e. The van der Waals surface area contributed by atoms with Crippen molar-refractivity contribution in [2.45, 2.75) is 232 Å². The van der Waals surface area contributed by atoms with Crippen LogP contribution in [0.5, 0.6) is 0 Å². The SMILES string of the molecule is CCC/C=C\CCCCCCCC(=O)OCC(COC(=O)CCCCCCC/C=C\CCCCC)OC(=O)CCCCCCCCCCCCC. The molecule has 0 aliphatic carbocycles. The summed E-state index contributed by atoms with van der Waals surface area (Å²) >= 11 is 0. The summed E-state index contributed by atoms with van der Waals surface area (Å²) in [4.78, 5) is 37.6. The van der Waals surface area contributed by atoms with Gasteiger partial charge in [-0.25, -0.2) is 0 Å². The smallest absolute Gasteiger partial charge is 0.306 e. The van der Waals surface area contributed by atoms with Gasteiger partial charge in [-0.2, -0.15) is 0 Å². The molecule has 1 unspecified atom stereocenters. The molecule has 0 spiro atoms. The lowest BCUT2D eigenvalue weighted by Crippen LogP contribution is -2.30. The van der Waals surface area contributed by atoms with Crippen LogP contribution in [0.4, 0.5) is 0 Å². The Hall–Kier alpha value is -2.11. The largest absolute Gasteiger partial charge is 0.462 e. The zero-order chi connectivity index (χ0) is 37.3. The van der Waals surface area contributed by atoms with E-state index >= 15 is 0 Å². The Kier molecular flexibility index (Phi) is 39.0. The molecule has 0 aliphatic rings. The molecule has 0 heterocycles. The summed E-state index contributed by atoms with van der Waals surface area (Å²) in [5, 5.41) is 0. The molecular formula is C45H82O6. The molecule has 0 saturated heterocycles. The molecule has 0 bridgehead atoms. The van der Waals surface area contributed by atoms with E-state index in [-0.39, 0.29) is 31.1 Å². The van der Waals surface area contributed by atoms with Gasteiger partial charge in [0.25, 0.3) is 0 Å². The third-order valence-electron chi connectivity index (χ3n) is 9.41. The van der Waals surface area contributed by atoms with Crippen LogP contribution >= 0.6 is 0 Å². The number of unbranched alkanes of at least 4 members (excludes halogenated alkanes) is 24. The monoisotopic (exact) mass is 719 g/mol. The number of carbonyl (C=O) groups is 3. The van der Waals surface area contributed by atoms with E-state index in [2.05, 4.69) is 45.1 Å². The van der Waals surface area contributed by atoms with Crippen molar-refractivity contribution in [2.75, 3.05) is 13.2 Å². The van der Waals surface area contributed by atoms with Crippen LogP contribution in [0.1, 0.15) is 226 Å². The maximum absolute atomic E-state index is 12.7. The molecule has 0 aromatic carbocycles. The maximum atomic E-state index is 12.7. The van der Waals surface area contributed by atoms with Crippen LogP contribution in [0.2, 0.25) is 0 Å². The summed E-state index contributed by atoms with van der Waals surface area (Å²) in [6, 6.07) is 0. The predicted octanol–water partition coefficient (Wildman–Crippen LogP) is 13.6. The summed E-state index contributed by atoms with van der Waals surface area (Å²) in [6.07, 6.45) is 43.0. The first-order chi connectivity index (χ1) is 25.0. The molecule has 51 heavy (non-hydrogen) atoms. The number of ether oxygens (including phenoxy) is 3. The predicted molar refractivity (Wildman–Crippen MR) is 215 cm³/mol. The second kappa shape index (κ2) is 40.7. The molecule has 298 valence electrons. The number of carbonyl (C=O) groups excluding carboxylic acids is 3. The summed E-state index contributed by atoms with van der Waals surface area (Å²) in [5.41, 5.74) is 0. The van der Waals surface area contributed by atoms with Crippen LogP contribution < -0.4 is 0 Å². The van der Waals surface area contributed by atoms with Gasteiger partial charge in [0.05, 0.1) is 0 Å². The van der Waals surface area contributed by atoms with E-state index in [9.17, 15) is 14.4 Å². The third-order valence-corrected chi connectivity index (χ3v) is 9.41. The first-order valence-corrected chi connectivity index (χ1v) is 21.8. The highest BCUT2D eigenvalue weighted by Gasteiger charge is 2.19. The molecule has 0 rings (SSSR count). The van der Waals surface area contributed by atoms with Crippen molar-refractivity contribution < 1.29 is 28.6 Å².